The maximum Gasteiger partial charge on any atom is 0.295 e. The molecule has 1 atom stereocenters. The lowest BCUT2D eigenvalue weighted by molar-refractivity contribution is -0.140. The normalized spacial score (nSPS) is 18.3. The number of Topliss-reactive ketones (excluding diaryl/α,β-unsaturated/α-hetero) is 1. The number of ketones is 1. The number of ether oxygens (including phenoxy) is 1. The van der Waals surface area contributed by atoms with Gasteiger partial charge in [0.05, 0.1) is 17.7 Å². The van der Waals surface area contributed by atoms with Gasteiger partial charge in [0.25, 0.3) is 11.7 Å². The highest BCUT2D eigenvalue weighted by atomic mass is 35.5. The number of rotatable bonds is 7. The lowest BCUT2D eigenvalue weighted by Crippen LogP contribution is -2.35. The number of halogens is 1. The lowest BCUT2D eigenvalue weighted by Gasteiger charge is -2.26. The Hall–Kier alpha value is -2.83. The molecule has 31 heavy (non-hydrogen) atoms. The topological polar surface area (TPSA) is 70.1 Å². The minimum absolute atomic E-state index is 0.0388. The average molecular weight is 443 g/mol. The summed E-state index contributed by atoms with van der Waals surface area (Å²) in [6.07, 6.45) is -0.0388. The maximum atomic E-state index is 13.0. The fraction of sp³-hybridized carbons (Fsp3) is 0.333. The predicted molar refractivity (Wildman–Crippen MR) is 121 cm³/mol. The van der Waals surface area contributed by atoms with Crippen molar-refractivity contribution in [3.05, 3.63) is 70.3 Å². The van der Waals surface area contributed by atoms with E-state index < -0.39 is 17.7 Å². The highest BCUT2D eigenvalue weighted by Crippen LogP contribution is 2.39. The fourth-order valence-corrected chi connectivity index (χ4v) is 3.68. The van der Waals surface area contributed by atoms with E-state index >= 15 is 0 Å². The van der Waals surface area contributed by atoms with Gasteiger partial charge in [0.15, 0.2) is 0 Å². The summed E-state index contributed by atoms with van der Waals surface area (Å²) in [6.45, 7) is 4.74. The number of aliphatic hydroxyl groups is 1. The minimum atomic E-state index is -0.702. The van der Waals surface area contributed by atoms with Crippen LogP contribution >= 0.6 is 11.6 Å². The molecule has 1 saturated heterocycles. The van der Waals surface area contributed by atoms with Crippen molar-refractivity contribution in [3.63, 3.8) is 0 Å². The van der Waals surface area contributed by atoms with Crippen LogP contribution in [0, 0.1) is 0 Å². The second-order valence-electron chi connectivity index (χ2n) is 8.04. The Kier molecular flexibility index (Phi) is 7.03. The van der Waals surface area contributed by atoms with Gasteiger partial charge in [-0.2, -0.15) is 0 Å². The summed E-state index contributed by atoms with van der Waals surface area (Å²) in [5.41, 5.74) is 1.19. The zero-order chi connectivity index (χ0) is 22.7. The van der Waals surface area contributed by atoms with Crippen molar-refractivity contribution in [3.8, 4) is 5.75 Å². The summed E-state index contributed by atoms with van der Waals surface area (Å²) in [6, 6.07) is 13.1. The molecule has 0 aromatic heterocycles. The summed E-state index contributed by atoms with van der Waals surface area (Å²) < 4.78 is 5.71. The number of likely N-dealkylation sites (tertiary alicyclic amines) is 1. The monoisotopic (exact) mass is 442 g/mol. The second-order valence-corrected chi connectivity index (χ2v) is 8.48. The number of benzene rings is 2. The van der Waals surface area contributed by atoms with Crippen LogP contribution in [0.4, 0.5) is 0 Å². The third-order valence-electron chi connectivity index (χ3n) is 4.99. The molecule has 3 rings (SSSR count). The van der Waals surface area contributed by atoms with E-state index in [-0.39, 0.29) is 17.4 Å². The first-order valence-electron chi connectivity index (χ1n) is 10.1. The summed E-state index contributed by atoms with van der Waals surface area (Å²) in [7, 11) is 3.79. The molecule has 1 aliphatic rings. The summed E-state index contributed by atoms with van der Waals surface area (Å²) in [4.78, 5) is 29.3. The summed E-state index contributed by atoms with van der Waals surface area (Å²) in [5, 5.41) is 11.7. The molecular formula is C24H27ClN2O4. The van der Waals surface area contributed by atoms with Crippen LogP contribution in [0.5, 0.6) is 5.75 Å². The van der Waals surface area contributed by atoms with Crippen molar-refractivity contribution >= 4 is 29.1 Å². The quantitative estimate of drug-likeness (QED) is 0.397. The minimum Gasteiger partial charge on any atom is -0.507 e. The number of carbonyl (C=O) groups is 2. The van der Waals surface area contributed by atoms with E-state index in [4.69, 9.17) is 16.3 Å². The Balaban J connectivity index is 2.11. The van der Waals surface area contributed by atoms with Crippen LogP contribution < -0.4 is 4.74 Å². The Morgan fingerprint density at radius 1 is 1.16 bits per heavy atom. The molecule has 6 nitrogen and oxygen atoms in total. The summed E-state index contributed by atoms with van der Waals surface area (Å²) in [5.74, 6) is -0.979. The van der Waals surface area contributed by atoms with Crippen molar-refractivity contribution in [2.24, 2.45) is 0 Å². The van der Waals surface area contributed by atoms with Crippen molar-refractivity contribution < 1.29 is 19.4 Å². The van der Waals surface area contributed by atoms with Gasteiger partial charge in [-0.1, -0.05) is 35.9 Å². The van der Waals surface area contributed by atoms with Gasteiger partial charge in [-0.3, -0.25) is 9.59 Å². The predicted octanol–water partition coefficient (Wildman–Crippen LogP) is 4.11. The van der Waals surface area contributed by atoms with Crippen LogP contribution in [0.25, 0.3) is 5.76 Å². The van der Waals surface area contributed by atoms with Gasteiger partial charge in [-0.05, 0) is 57.8 Å². The first-order chi connectivity index (χ1) is 14.7. The van der Waals surface area contributed by atoms with Crippen LogP contribution in [0.15, 0.2) is 54.1 Å². The van der Waals surface area contributed by atoms with Gasteiger partial charge in [0.2, 0.25) is 0 Å². The molecule has 2 aromatic rings. The third-order valence-corrected chi connectivity index (χ3v) is 5.25. The van der Waals surface area contributed by atoms with Crippen molar-refractivity contribution in [2.45, 2.75) is 26.0 Å². The van der Waals surface area contributed by atoms with E-state index in [1.165, 1.54) is 4.90 Å². The van der Waals surface area contributed by atoms with Crippen molar-refractivity contribution in [1.82, 2.24) is 9.80 Å². The molecule has 164 valence electrons. The molecule has 1 unspecified atom stereocenters. The lowest BCUT2D eigenvalue weighted by atomic mass is 9.95. The maximum absolute atomic E-state index is 13.0. The third kappa shape index (κ3) is 5.09. The Bertz CT molecular complexity index is 999. The number of hydrogen-bond donors (Lipinski definition) is 1. The molecule has 0 aliphatic carbocycles. The zero-order valence-electron chi connectivity index (χ0n) is 18.1. The van der Waals surface area contributed by atoms with Gasteiger partial charge >= 0.3 is 0 Å². The number of likely N-dealkylation sites (N-methyl/N-ethyl adjacent to an activating group) is 1. The van der Waals surface area contributed by atoms with Crippen LogP contribution in [-0.4, -0.2) is 59.9 Å². The van der Waals surface area contributed by atoms with E-state index in [0.29, 0.717) is 35.0 Å². The molecule has 1 aliphatic heterocycles. The van der Waals surface area contributed by atoms with Crippen LogP contribution in [0.2, 0.25) is 5.02 Å². The average Bonchev–Trinajstić information content (AvgIpc) is 2.96. The SMILES string of the molecule is CC(C)Oc1cccc(/C(O)=C2/C(=O)C(=O)N(CCN(C)C)C2c2ccc(Cl)cc2)c1. The van der Waals surface area contributed by atoms with Crippen LogP contribution in [0.1, 0.15) is 31.0 Å². The number of aliphatic hydroxyl groups excluding tert-OH is 1. The molecular weight excluding hydrogens is 416 g/mol. The molecule has 0 radical (unpaired) electrons. The first-order valence-corrected chi connectivity index (χ1v) is 10.5. The fourth-order valence-electron chi connectivity index (χ4n) is 3.55. The molecule has 0 bridgehead atoms. The Morgan fingerprint density at radius 3 is 2.45 bits per heavy atom. The Labute approximate surface area is 187 Å². The Morgan fingerprint density at radius 2 is 1.84 bits per heavy atom. The van der Waals surface area contributed by atoms with Crippen LogP contribution in [-0.2, 0) is 9.59 Å². The van der Waals surface area contributed by atoms with Gasteiger partial charge < -0.3 is 19.6 Å². The van der Waals surface area contributed by atoms with E-state index in [0.717, 1.165) is 0 Å². The molecule has 1 amide bonds. The van der Waals surface area contributed by atoms with Gasteiger partial charge in [0.1, 0.15) is 11.5 Å². The van der Waals surface area contributed by atoms with Gasteiger partial charge in [-0.25, -0.2) is 0 Å². The van der Waals surface area contributed by atoms with Crippen molar-refractivity contribution in [1.29, 1.82) is 0 Å². The number of nitrogens with zero attached hydrogens (tertiary/aromatic N) is 2. The van der Waals surface area contributed by atoms with E-state index in [2.05, 4.69) is 0 Å². The van der Waals surface area contributed by atoms with Gasteiger partial charge in [-0.15, -0.1) is 0 Å². The smallest absolute Gasteiger partial charge is 0.295 e. The van der Waals surface area contributed by atoms with E-state index in [9.17, 15) is 14.7 Å². The molecule has 2 aromatic carbocycles. The largest absolute Gasteiger partial charge is 0.507 e. The van der Waals surface area contributed by atoms with E-state index in [1.54, 1.807) is 48.5 Å². The molecule has 1 N–H and O–H groups in total. The molecule has 7 heteroatoms. The second kappa shape index (κ2) is 9.54. The van der Waals surface area contributed by atoms with Gasteiger partial charge in [0, 0.05) is 23.7 Å². The highest BCUT2D eigenvalue weighted by Gasteiger charge is 2.45. The molecule has 1 fully saturated rings. The summed E-state index contributed by atoms with van der Waals surface area (Å²) >= 11 is 6.04. The number of hydrogen-bond acceptors (Lipinski definition) is 5. The van der Waals surface area contributed by atoms with E-state index in [1.807, 2.05) is 32.8 Å². The molecule has 0 saturated carbocycles. The molecule has 1 heterocycles. The molecule has 0 spiro atoms. The number of carbonyl (C=O) groups excluding carboxylic acids is 2. The first kappa shape index (κ1) is 22.8. The highest BCUT2D eigenvalue weighted by molar-refractivity contribution is 6.46. The van der Waals surface area contributed by atoms with Crippen molar-refractivity contribution in [2.75, 3.05) is 27.2 Å². The standard InChI is InChI=1S/C24H27ClN2O4/c1-15(2)31-19-7-5-6-17(14-19)22(28)20-21(16-8-10-18(25)11-9-16)27(13-12-26(3)4)24(30)23(20)29/h5-11,14-15,21,28H,12-13H2,1-4H3/b22-20-. The number of amides is 1. The zero-order valence-corrected chi connectivity index (χ0v) is 18.9. The van der Waals surface area contributed by atoms with Crippen LogP contribution in [0.3, 0.4) is 0 Å².